The van der Waals surface area contributed by atoms with Gasteiger partial charge in [-0.05, 0) is 48.8 Å². The van der Waals surface area contributed by atoms with Crippen molar-refractivity contribution in [1.29, 1.82) is 0 Å². The first-order chi connectivity index (χ1) is 15.2. The van der Waals surface area contributed by atoms with E-state index in [0.717, 1.165) is 47.9 Å². The highest BCUT2D eigenvalue weighted by atomic mass is 32.2. The van der Waals surface area contributed by atoms with Crippen LogP contribution >= 0.6 is 23.1 Å². The third kappa shape index (κ3) is 5.39. The molecule has 1 amide bonds. The van der Waals surface area contributed by atoms with Crippen LogP contribution < -0.4 is 5.32 Å². The monoisotopic (exact) mass is 454 g/mol. The molecule has 4 rings (SSSR count). The Morgan fingerprint density at radius 2 is 2.03 bits per heavy atom. The molecule has 0 atom stereocenters. The van der Waals surface area contributed by atoms with E-state index in [-0.39, 0.29) is 5.91 Å². The van der Waals surface area contributed by atoms with Crippen LogP contribution in [0.4, 0.5) is 5.69 Å². The lowest BCUT2D eigenvalue weighted by Gasteiger charge is -2.25. The molecule has 0 radical (unpaired) electrons. The van der Waals surface area contributed by atoms with Crippen LogP contribution in [0.1, 0.15) is 66.9 Å². The van der Waals surface area contributed by atoms with Gasteiger partial charge in [-0.2, -0.15) is 0 Å². The number of amides is 1. The van der Waals surface area contributed by atoms with Crippen LogP contribution in [0, 0.1) is 6.92 Å². The normalized spacial score (nSPS) is 14.6. The molecule has 0 spiro atoms. The fraction of sp³-hybridized carbons (Fsp3) is 0.458. The number of nitrogens with one attached hydrogen (secondary N) is 1. The van der Waals surface area contributed by atoms with Crippen molar-refractivity contribution >= 4 is 34.7 Å². The van der Waals surface area contributed by atoms with Crippen LogP contribution in [0.25, 0.3) is 0 Å². The maximum Gasteiger partial charge on any atom is 0.234 e. The van der Waals surface area contributed by atoms with Crippen LogP contribution in [0.3, 0.4) is 0 Å². The fourth-order valence-electron chi connectivity index (χ4n) is 4.31. The molecule has 0 aliphatic heterocycles. The maximum atomic E-state index is 12.8. The Morgan fingerprint density at radius 3 is 2.77 bits per heavy atom. The molecule has 2 aromatic heterocycles. The number of para-hydroxylation sites is 1. The van der Waals surface area contributed by atoms with Crippen molar-refractivity contribution in [3.63, 3.8) is 0 Å². The second-order valence-electron chi connectivity index (χ2n) is 8.12. The average Bonchev–Trinajstić information content (AvgIpc) is 3.44. The van der Waals surface area contributed by atoms with Crippen LogP contribution in [0.5, 0.6) is 0 Å². The van der Waals surface area contributed by atoms with Crippen LogP contribution in [0.2, 0.25) is 0 Å². The van der Waals surface area contributed by atoms with Gasteiger partial charge >= 0.3 is 0 Å². The highest BCUT2D eigenvalue weighted by Gasteiger charge is 2.24. The lowest BCUT2D eigenvalue weighted by Crippen LogP contribution is -2.19. The number of thiophene rings is 1. The van der Waals surface area contributed by atoms with E-state index in [0.29, 0.717) is 11.8 Å². The Kier molecular flexibility index (Phi) is 7.45. The van der Waals surface area contributed by atoms with Gasteiger partial charge in [0.2, 0.25) is 5.91 Å². The summed E-state index contributed by atoms with van der Waals surface area (Å²) in [5.41, 5.74) is 3.21. The van der Waals surface area contributed by atoms with E-state index < -0.39 is 0 Å². The van der Waals surface area contributed by atoms with Gasteiger partial charge in [0.05, 0.1) is 5.75 Å². The number of thioether (sulfide) groups is 1. The Balaban J connectivity index is 1.49. The summed E-state index contributed by atoms with van der Waals surface area (Å²) in [6.07, 6.45) is 7.83. The highest BCUT2D eigenvalue weighted by molar-refractivity contribution is 7.99. The summed E-state index contributed by atoms with van der Waals surface area (Å²) in [5.74, 6) is 1.36. The summed E-state index contributed by atoms with van der Waals surface area (Å²) in [6.45, 7) is 4.15. The van der Waals surface area contributed by atoms with E-state index in [2.05, 4.69) is 50.6 Å². The van der Waals surface area contributed by atoms with Gasteiger partial charge in [0.1, 0.15) is 5.82 Å². The van der Waals surface area contributed by atoms with Gasteiger partial charge in [-0.25, -0.2) is 0 Å². The molecule has 2 heterocycles. The number of hydrogen-bond acceptors (Lipinski definition) is 5. The summed E-state index contributed by atoms with van der Waals surface area (Å²) in [6, 6.07) is 10.8. The predicted octanol–water partition coefficient (Wildman–Crippen LogP) is 6.04. The van der Waals surface area contributed by atoms with E-state index in [1.165, 1.54) is 41.5 Å². The molecular formula is C24H30N4OS2. The number of hydrogen-bond donors (Lipinski definition) is 1. The molecule has 1 aliphatic rings. The first-order valence-electron chi connectivity index (χ1n) is 11.1. The van der Waals surface area contributed by atoms with Gasteiger partial charge in [0, 0.05) is 23.0 Å². The van der Waals surface area contributed by atoms with E-state index in [4.69, 9.17) is 0 Å². The van der Waals surface area contributed by atoms with Gasteiger partial charge < -0.3 is 9.88 Å². The van der Waals surface area contributed by atoms with Crippen molar-refractivity contribution in [3.8, 4) is 0 Å². The first kappa shape index (κ1) is 22.1. The van der Waals surface area contributed by atoms with Crippen molar-refractivity contribution < 1.29 is 4.79 Å². The summed E-state index contributed by atoms with van der Waals surface area (Å²) in [7, 11) is 0. The number of carbonyl (C=O) groups excluding carboxylic acids is 1. The lowest BCUT2D eigenvalue weighted by atomic mass is 9.95. The molecule has 164 valence electrons. The number of aryl methyl sites for hydroxylation is 2. The summed E-state index contributed by atoms with van der Waals surface area (Å²) in [4.78, 5) is 14.1. The smallest absolute Gasteiger partial charge is 0.234 e. The van der Waals surface area contributed by atoms with E-state index >= 15 is 0 Å². The Morgan fingerprint density at radius 1 is 1.19 bits per heavy atom. The van der Waals surface area contributed by atoms with Crippen molar-refractivity contribution in [3.05, 3.63) is 57.5 Å². The molecule has 1 aliphatic carbocycles. The molecule has 3 aromatic rings. The molecule has 1 saturated carbocycles. The van der Waals surface area contributed by atoms with Crippen molar-refractivity contribution in [1.82, 2.24) is 14.8 Å². The highest BCUT2D eigenvalue weighted by Crippen LogP contribution is 2.33. The quantitative estimate of drug-likeness (QED) is 0.422. The molecule has 0 saturated heterocycles. The number of aromatic nitrogens is 3. The van der Waals surface area contributed by atoms with Gasteiger partial charge in [-0.15, -0.1) is 21.5 Å². The number of anilines is 1. The fourth-order valence-corrected chi connectivity index (χ4v) is 5.83. The second-order valence-corrected chi connectivity index (χ2v) is 10.1. The Bertz CT molecular complexity index is 1010. The van der Waals surface area contributed by atoms with Gasteiger partial charge in [-0.3, -0.25) is 4.79 Å². The maximum absolute atomic E-state index is 12.8. The van der Waals surface area contributed by atoms with Crippen molar-refractivity contribution in [2.24, 2.45) is 0 Å². The molecule has 1 aromatic carbocycles. The zero-order valence-corrected chi connectivity index (χ0v) is 19.9. The standard InChI is InChI=1S/C24H30N4OS2/c1-3-18-10-7-9-17(2)23(18)25-22(29)16-31-24-27-26-21(15-20-13-8-14-30-20)28(24)19-11-5-4-6-12-19/h7-10,13-14,19H,3-6,11-12,15-16H2,1-2H3,(H,25,29). The minimum absolute atomic E-state index is 0.00648. The average molecular weight is 455 g/mol. The van der Waals surface area contributed by atoms with Crippen LogP contribution in [-0.2, 0) is 17.6 Å². The second kappa shape index (κ2) is 10.5. The third-order valence-corrected chi connectivity index (χ3v) is 7.74. The predicted molar refractivity (Wildman–Crippen MR) is 129 cm³/mol. The van der Waals surface area contributed by atoms with Crippen molar-refractivity contribution in [2.75, 3.05) is 11.1 Å². The lowest BCUT2D eigenvalue weighted by molar-refractivity contribution is -0.113. The van der Waals surface area contributed by atoms with Gasteiger partial charge in [-0.1, -0.05) is 62.2 Å². The minimum Gasteiger partial charge on any atom is -0.325 e. The van der Waals surface area contributed by atoms with Crippen LogP contribution in [0.15, 0.2) is 40.9 Å². The number of rotatable bonds is 8. The zero-order chi connectivity index (χ0) is 21.6. The molecule has 31 heavy (non-hydrogen) atoms. The number of carbonyl (C=O) groups is 1. The Hall–Kier alpha value is -2.12. The molecule has 1 fully saturated rings. The Labute approximate surface area is 192 Å². The third-order valence-electron chi connectivity index (χ3n) is 5.92. The van der Waals surface area contributed by atoms with Gasteiger partial charge in [0.25, 0.3) is 0 Å². The topological polar surface area (TPSA) is 59.8 Å². The molecular weight excluding hydrogens is 424 g/mol. The van der Waals surface area contributed by atoms with E-state index in [1.807, 2.05) is 19.1 Å². The molecule has 0 unspecified atom stereocenters. The number of benzene rings is 1. The van der Waals surface area contributed by atoms with Gasteiger partial charge in [0.15, 0.2) is 5.16 Å². The van der Waals surface area contributed by atoms with Crippen LogP contribution in [-0.4, -0.2) is 26.4 Å². The molecule has 7 heteroatoms. The zero-order valence-electron chi connectivity index (χ0n) is 18.3. The van der Waals surface area contributed by atoms with E-state index in [1.54, 1.807) is 11.3 Å². The summed E-state index contributed by atoms with van der Waals surface area (Å²) >= 11 is 3.26. The number of nitrogens with zero attached hydrogens (tertiary/aromatic N) is 3. The summed E-state index contributed by atoms with van der Waals surface area (Å²) in [5, 5.41) is 15.1. The molecule has 5 nitrogen and oxygen atoms in total. The molecule has 1 N–H and O–H groups in total. The summed E-state index contributed by atoms with van der Waals surface area (Å²) < 4.78 is 2.32. The van der Waals surface area contributed by atoms with Crippen molar-refractivity contribution in [2.45, 2.75) is 70.0 Å². The first-order valence-corrected chi connectivity index (χ1v) is 13.0. The largest absolute Gasteiger partial charge is 0.325 e. The molecule has 0 bridgehead atoms. The minimum atomic E-state index is 0.00648. The van der Waals surface area contributed by atoms with E-state index in [9.17, 15) is 4.79 Å². The SMILES string of the molecule is CCc1cccc(C)c1NC(=O)CSc1nnc(Cc2cccs2)n1C1CCCCC1.